The molecule has 0 spiro atoms. The molecule has 19 heavy (non-hydrogen) atoms. The lowest BCUT2D eigenvalue weighted by Crippen LogP contribution is -2.08. The maximum Gasteiger partial charge on any atom is 0.180 e. The lowest BCUT2D eigenvalue weighted by atomic mass is 10.0. The first kappa shape index (κ1) is 13.7. The maximum atomic E-state index is 12.4. The van der Waals surface area contributed by atoms with Gasteiger partial charge in [-0.1, -0.05) is 41.1 Å². The fourth-order valence-corrected chi connectivity index (χ4v) is 2.41. The molecular weight excluding hydrogens is 304 g/mol. The van der Waals surface area contributed by atoms with E-state index in [4.69, 9.17) is 5.73 Å². The molecular formula is C15H15BrN2O. The van der Waals surface area contributed by atoms with Crippen molar-refractivity contribution < 1.29 is 4.79 Å². The van der Waals surface area contributed by atoms with Crippen LogP contribution in [0.25, 0.3) is 0 Å². The van der Waals surface area contributed by atoms with Crippen molar-refractivity contribution in [3.05, 3.63) is 59.3 Å². The Bertz CT molecular complexity index is 598. The van der Waals surface area contributed by atoms with Gasteiger partial charge in [-0.15, -0.1) is 0 Å². The Labute approximate surface area is 121 Å². The molecule has 1 unspecified atom stereocenters. The molecule has 2 N–H and O–H groups in total. The summed E-state index contributed by atoms with van der Waals surface area (Å²) < 4.78 is 0. The number of aryl methyl sites for hydroxylation is 1. The van der Waals surface area contributed by atoms with Crippen LogP contribution in [0.15, 0.2) is 42.6 Å². The number of nitrogens with zero attached hydrogens (tertiary/aromatic N) is 1. The van der Waals surface area contributed by atoms with Crippen molar-refractivity contribution >= 4 is 27.5 Å². The number of carbonyl (C=O) groups is 1. The molecule has 0 amide bonds. The number of benzene rings is 1. The first-order valence-electron chi connectivity index (χ1n) is 6.10. The first-order valence-corrected chi connectivity index (χ1v) is 7.02. The molecule has 1 aromatic carbocycles. The van der Waals surface area contributed by atoms with Crippen molar-refractivity contribution in [3.8, 4) is 0 Å². The van der Waals surface area contributed by atoms with Crippen LogP contribution in [0.3, 0.4) is 0 Å². The summed E-state index contributed by atoms with van der Waals surface area (Å²) in [5.41, 5.74) is 8.31. The van der Waals surface area contributed by atoms with Crippen molar-refractivity contribution in [1.29, 1.82) is 0 Å². The molecule has 1 aromatic heterocycles. The summed E-state index contributed by atoms with van der Waals surface area (Å²) in [5.74, 6) is 0.443. The monoisotopic (exact) mass is 318 g/mol. The van der Waals surface area contributed by atoms with Crippen LogP contribution in [0.5, 0.6) is 0 Å². The minimum absolute atomic E-state index is 0.0286. The predicted molar refractivity (Wildman–Crippen MR) is 80.5 cm³/mol. The van der Waals surface area contributed by atoms with Gasteiger partial charge in [-0.05, 0) is 35.7 Å². The van der Waals surface area contributed by atoms with Crippen LogP contribution in [0.2, 0.25) is 0 Å². The second-order valence-electron chi connectivity index (χ2n) is 4.29. The van der Waals surface area contributed by atoms with Gasteiger partial charge in [-0.25, -0.2) is 4.98 Å². The zero-order valence-corrected chi connectivity index (χ0v) is 12.2. The number of hydrogen-bond acceptors (Lipinski definition) is 3. The lowest BCUT2D eigenvalue weighted by molar-refractivity contribution is 0.0991. The zero-order chi connectivity index (χ0) is 13.8. The summed E-state index contributed by atoms with van der Waals surface area (Å²) in [6.45, 7) is 2.07. The molecule has 1 atom stereocenters. The number of nitrogens with two attached hydrogens (primary N) is 1. The van der Waals surface area contributed by atoms with Crippen LogP contribution < -0.4 is 5.73 Å². The summed E-state index contributed by atoms with van der Waals surface area (Å²) in [6, 6.07) is 11.2. The van der Waals surface area contributed by atoms with E-state index in [2.05, 4.69) is 27.8 Å². The van der Waals surface area contributed by atoms with Crippen LogP contribution >= 0.6 is 15.9 Å². The van der Waals surface area contributed by atoms with Gasteiger partial charge in [0.2, 0.25) is 0 Å². The SMILES string of the molecule is CCc1cccc(C(=O)C(Br)c2ccnc(N)c2)c1. The summed E-state index contributed by atoms with van der Waals surface area (Å²) >= 11 is 3.44. The molecule has 0 radical (unpaired) electrons. The zero-order valence-electron chi connectivity index (χ0n) is 10.6. The molecule has 3 nitrogen and oxygen atoms in total. The predicted octanol–water partition coefficient (Wildman–Crippen LogP) is 3.55. The van der Waals surface area contributed by atoms with E-state index in [0.717, 1.165) is 17.5 Å². The number of anilines is 1. The molecule has 1 heterocycles. The number of ketones is 1. The molecule has 0 fully saturated rings. The standard InChI is InChI=1S/C15H15BrN2O/c1-2-10-4-3-5-12(8-10)15(19)14(16)11-6-7-18-13(17)9-11/h3-9,14H,2H2,1H3,(H2,17,18). The van der Waals surface area contributed by atoms with Gasteiger partial charge in [-0.2, -0.15) is 0 Å². The molecule has 4 heteroatoms. The third-order valence-electron chi connectivity index (χ3n) is 2.95. The van der Waals surface area contributed by atoms with Crippen molar-refractivity contribution in [2.75, 3.05) is 5.73 Å². The summed E-state index contributed by atoms with van der Waals surface area (Å²) in [5, 5.41) is 0. The van der Waals surface area contributed by atoms with Crippen LogP contribution in [0.1, 0.15) is 33.2 Å². The van der Waals surface area contributed by atoms with Gasteiger partial charge in [0.05, 0.1) is 0 Å². The van der Waals surface area contributed by atoms with Gasteiger partial charge in [0.15, 0.2) is 5.78 Å². The molecule has 0 saturated carbocycles. The third kappa shape index (κ3) is 3.20. The number of carbonyl (C=O) groups excluding carboxylic acids is 1. The summed E-state index contributed by atoms with van der Waals surface area (Å²) in [7, 11) is 0. The highest BCUT2D eigenvalue weighted by atomic mass is 79.9. The highest BCUT2D eigenvalue weighted by Crippen LogP contribution is 2.27. The second kappa shape index (κ2) is 5.97. The highest BCUT2D eigenvalue weighted by Gasteiger charge is 2.19. The highest BCUT2D eigenvalue weighted by molar-refractivity contribution is 9.09. The smallest absolute Gasteiger partial charge is 0.180 e. The molecule has 2 rings (SSSR count). The Morgan fingerprint density at radius 3 is 2.84 bits per heavy atom. The molecule has 98 valence electrons. The van der Waals surface area contributed by atoms with E-state index >= 15 is 0 Å². The van der Waals surface area contributed by atoms with E-state index < -0.39 is 4.83 Å². The number of pyridine rings is 1. The van der Waals surface area contributed by atoms with E-state index in [9.17, 15) is 4.79 Å². The first-order chi connectivity index (χ1) is 9.11. The Hall–Kier alpha value is -1.68. The second-order valence-corrected chi connectivity index (χ2v) is 5.21. The molecule has 0 aliphatic carbocycles. The van der Waals surface area contributed by atoms with Gasteiger partial charge in [0, 0.05) is 11.8 Å². The van der Waals surface area contributed by atoms with Crippen molar-refractivity contribution in [1.82, 2.24) is 4.98 Å². The van der Waals surface area contributed by atoms with E-state index in [1.807, 2.05) is 24.3 Å². The summed E-state index contributed by atoms with van der Waals surface area (Å²) in [4.78, 5) is 15.9. The van der Waals surface area contributed by atoms with Gasteiger partial charge < -0.3 is 5.73 Å². The number of halogens is 1. The van der Waals surface area contributed by atoms with Gasteiger partial charge in [-0.3, -0.25) is 4.79 Å². The van der Waals surface area contributed by atoms with Crippen molar-refractivity contribution in [3.63, 3.8) is 0 Å². The van der Waals surface area contributed by atoms with Crippen molar-refractivity contribution in [2.45, 2.75) is 18.2 Å². The molecule has 2 aromatic rings. The number of hydrogen-bond donors (Lipinski definition) is 1. The number of Topliss-reactive ketones (excluding diaryl/α,β-unsaturated/α-hetero) is 1. The topological polar surface area (TPSA) is 56.0 Å². The normalized spacial score (nSPS) is 12.1. The van der Waals surface area contributed by atoms with Crippen LogP contribution in [-0.4, -0.2) is 10.8 Å². The average molecular weight is 319 g/mol. The number of alkyl halides is 1. The van der Waals surface area contributed by atoms with E-state index in [1.165, 1.54) is 0 Å². The van der Waals surface area contributed by atoms with Crippen LogP contribution in [-0.2, 0) is 6.42 Å². The fourth-order valence-electron chi connectivity index (χ4n) is 1.87. The molecule has 0 saturated heterocycles. The number of rotatable bonds is 4. The lowest BCUT2D eigenvalue weighted by Gasteiger charge is -2.10. The van der Waals surface area contributed by atoms with Crippen LogP contribution in [0, 0.1) is 0 Å². The van der Waals surface area contributed by atoms with Gasteiger partial charge >= 0.3 is 0 Å². The van der Waals surface area contributed by atoms with Crippen molar-refractivity contribution in [2.24, 2.45) is 0 Å². The minimum atomic E-state index is -0.398. The van der Waals surface area contributed by atoms with Crippen LogP contribution in [0.4, 0.5) is 5.82 Å². The molecule has 0 aliphatic rings. The Balaban J connectivity index is 2.28. The van der Waals surface area contributed by atoms with E-state index in [-0.39, 0.29) is 5.78 Å². The maximum absolute atomic E-state index is 12.4. The van der Waals surface area contributed by atoms with E-state index in [0.29, 0.717) is 11.4 Å². The number of nitrogen functional groups attached to an aromatic ring is 1. The Morgan fingerprint density at radius 2 is 2.16 bits per heavy atom. The largest absolute Gasteiger partial charge is 0.384 e. The fraction of sp³-hybridized carbons (Fsp3) is 0.200. The minimum Gasteiger partial charge on any atom is -0.384 e. The Morgan fingerprint density at radius 1 is 1.37 bits per heavy atom. The molecule has 0 bridgehead atoms. The van der Waals surface area contributed by atoms with E-state index in [1.54, 1.807) is 18.3 Å². The number of aromatic nitrogens is 1. The third-order valence-corrected chi connectivity index (χ3v) is 3.89. The molecule has 0 aliphatic heterocycles. The Kier molecular flexibility index (Phi) is 4.32. The quantitative estimate of drug-likeness (QED) is 0.693. The van der Waals surface area contributed by atoms with Gasteiger partial charge in [0.25, 0.3) is 0 Å². The average Bonchev–Trinajstić information content (AvgIpc) is 2.45. The summed E-state index contributed by atoms with van der Waals surface area (Å²) in [6.07, 6.45) is 2.52. The van der Waals surface area contributed by atoms with Gasteiger partial charge in [0.1, 0.15) is 10.6 Å².